The summed E-state index contributed by atoms with van der Waals surface area (Å²) in [4.78, 5) is 21.2. The molecule has 1 aromatic heterocycles. The van der Waals surface area contributed by atoms with E-state index >= 15 is 0 Å². The largest absolute Gasteiger partial charge is 0.390 e. The Morgan fingerprint density at radius 3 is 2.70 bits per heavy atom. The first-order chi connectivity index (χ1) is 14.5. The summed E-state index contributed by atoms with van der Waals surface area (Å²) in [7, 11) is 0. The minimum absolute atomic E-state index is 0.0448. The average molecular weight is 480 g/mol. The molecular formula is C22H17Cl3N2O2S. The van der Waals surface area contributed by atoms with E-state index in [1.807, 2.05) is 47.8 Å². The average Bonchev–Trinajstić information content (AvgIpc) is 3.41. The quantitative estimate of drug-likeness (QED) is 0.402. The molecule has 0 radical (unpaired) electrons. The van der Waals surface area contributed by atoms with E-state index in [0.717, 1.165) is 16.8 Å². The standard InChI is InChI=1S/C22H17Cl3N2O2S/c23-16-4-1-3-14(9-16)12-27(22(28)21-5-2-8-30-21)13-17-11-20(26-29-17)15-6-7-18(24)19(25)10-15/h1-10,17H,11-13H2/t17-/m0/s1. The number of amides is 1. The topological polar surface area (TPSA) is 41.9 Å². The van der Waals surface area contributed by atoms with Crippen molar-refractivity contribution in [2.45, 2.75) is 19.1 Å². The van der Waals surface area contributed by atoms with Crippen molar-refractivity contribution in [3.05, 3.63) is 91.0 Å². The third-order valence-corrected chi connectivity index (χ3v) is 6.52. The van der Waals surface area contributed by atoms with Crippen LogP contribution < -0.4 is 0 Å². The van der Waals surface area contributed by atoms with E-state index in [0.29, 0.717) is 39.5 Å². The van der Waals surface area contributed by atoms with Gasteiger partial charge in [0.25, 0.3) is 5.91 Å². The fourth-order valence-corrected chi connectivity index (χ4v) is 4.45. The lowest BCUT2D eigenvalue weighted by molar-refractivity contribution is 0.0408. The molecule has 2 aromatic carbocycles. The minimum Gasteiger partial charge on any atom is -0.390 e. The summed E-state index contributed by atoms with van der Waals surface area (Å²) in [5.41, 5.74) is 2.60. The molecule has 30 heavy (non-hydrogen) atoms. The number of hydrogen-bond donors (Lipinski definition) is 0. The van der Waals surface area contributed by atoms with Crippen LogP contribution in [0.1, 0.15) is 27.2 Å². The second-order valence-electron chi connectivity index (χ2n) is 6.89. The normalized spacial score (nSPS) is 15.6. The van der Waals surface area contributed by atoms with Crippen LogP contribution in [0.2, 0.25) is 15.1 Å². The number of carbonyl (C=O) groups is 1. The number of oxime groups is 1. The molecule has 0 spiro atoms. The molecule has 8 heteroatoms. The maximum Gasteiger partial charge on any atom is 0.264 e. The predicted octanol–water partition coefficient (Wildman–Crippen LogP) is 6.54. The number of carbonyl (C=O) groups excluding carboxylic acids is 1. The van der Waals surface area contributed by atoms with Crippen molar-refractivity contribution in [3.8, 4) is 0 Å². The molecule has 2 heterocycles. The molecule has 0 unspecified atom stereocenters. The van der Waals surface area contributed by atoms with Gasteiger partial charge in [0, 0.05) is 23.6 Å². The Bertz CT molecular complexity index is 1090. The molecule has 0 N–H and O–H groups in total. The van der Waals surface area contributed by atoms with Crippen LogP contribution in [0.4, 0.5) is 0 Å². The molecule has 4 nitrogen and oxygen atoms in total. The number of hydrogen-bond acceptors (Lipinski definition) is 4. The first kappa shape index (κ1) is 21.2. The number of benzene rings is 2. The summed E-state index contributed by atoms with van der Waals surface area (Å²) >= 11 is 19.7. The molecule has 4 rings (SSSR count). The number of rotatable bonds is 6. The fourth-order valence-electron chi connectivity index (χ4n) is 3.25. The van der Waals surface area contributed by atoms with Gasteiger partial charge in [-0.3, -0.25) is 4.79 Å². The Kier molecular flexibility index (Phi) is 6.64. The summed E-state index contributed by atoms with van der Waals surface area (Å²) in [6, 6.07) is 16.6. The maximum absolute atomic E-state index is 13.1. The molecule has 0 aliphatic carbocycles. The highest BCUT2D eigenvalue weighted by atomic mass is 35.5. The van der Waals surface area contributed by atoms with Crippen LogP contribution in [-0.4, -0.2) is 29.2 Å². The molecule has 154 valence electrons. The van der Waals surface area contributed by atoms with Gasteiger partial charge in [-0.2, -0.15) is 0 Å². The van der Waals surface area contributed by atoms with E-state index in [2.05, 4.69) is 5.16 Å². The molecule has 0 saturated carbocycles. The van der Waals surface area contributed by atoms with Gasteiger partial charge in [-0.25, -0.2) is 0 Å². The molecule has 1 aliphatic heterocycles. The van der Waals surface area contributed by atoms with E-state index in [4.69, 9.17) is 39.6 Å². The van der Waals surface area contributed by atoms with Gasteiger partial charge in [-0.05, 0) is 41.3 Å². The summed E-state index contributed by atoms with van der Waals surface area (Å²) in [6.07, 6.45) is 0.319. The first-order valence-corrected chi connectivity index (χ1v) is 11.3. The van der Waals surface area contributed by atoms with E-state index in [1.165, 1.54) is 11.3 Å². The molecule has 3 aromatic rings. The molecule has 1 atom stereocenters. The zero-order valence-electron chi connectivity index (χ0n) is 15.7. The molecule has 0 saturated heterocycles. The SMILES string of the molecule is O=C(c1cccs1)N(Cc1cccc(Cl)c1)C[C@@H]1CC(c2ccc(Cl)c(Cl)c2)=NO1. The molecular weight excluding hydrogens is 463 g/mol. The van der Waals surface area contributed by atoms with Crippen LogP contribution in [0, 0.1) is 0 Å². The van der Waals surface area contributed by atoms with Gasteiger partial charge in [0.05, 0.1) is 27.2 Å². The second kappa shape index (κ2) is 9.40. The predicted molar refractivity (Wildman–Crippen MR) is 123 cm³/mol. The van der Waals surface area contributed by atoms with Crippen LogP contribution in [0.3, 0.4) is 0 Å². The zero-order valence-corrected chi connectivity index (χ0v) is 18.8. The van der Waals surface area contributed by atoms with Crippen molar-refractivity contribution in [1.29, 1.82) is 0 Å². The maximum atomic E-state index is 13.1. The smallest absolute Gasteiger partial charge is 0.264 e. The highest BCUT2D eigenvalue weighted by Crippen LogP contribution is 2.26. The minimum atomic E-state index is -0.252. The van der Waals surface area contributed by atoms with Crippen LogP contribution in [0.5, 0.6) is 0 Å². The van der Waals surface area contributed by atoms with Gasteiger partial charge in [-0.15, -0.1) is 11.3 Å². The van der Waals surface area contributed by atoms with Gasteiger partial charge in [0.15, 0.2) is 6.10 Å². The van der Waals surface area contributed by atoms with Gasteiger partial charge in [-0.1, -0.05) is 64.2 Å². The Morgan fingerprint density at radius 1 is 1.10 bits per heavy atom. The Hall–Kier alpha value is -2.05. The molecule has 1 amide bonds. The van der Waals surface area contributed by atoms with E-state index in [9.17, 15) is 4.79 Å². The van der Waals surface area contributed by atoms with Gasteiger partial charge < -0.3 is 9.74 Å². The lowest BCUT2D eigenvalue weighted by Crippen LogP contribution is -2.37. The summed E-state index contributed by atoms with van der Waals surface area (Å²) in [5.74, 6) is -0.0448. The summed E-state index contributed by atoms with van der Waals surface area (Å²) in [5, 5.41) is 7.70. The van der Waals surface area contributed by atoms with Crippen molar-refractivity contribution in [3.63, 3.8) is 0 Å². The second-order valence-corrected chi connectivity index (χ2v) is 9.09. The van der Waals surface area contributed by atoms with Gasteiger partial charge in [0.2, 0.25) is 0 Å². The number of thiophene rings is 1. The van der Waals surface area contributed by atoms with E-state index in [-0.39, 0.29) is 12.0 Å². The van der Waals surface area contributed by atoms with Crippen LogP contribution >= 0.6 is 46.1 Å². The van der Waals surface area contributed by atoms with Gasteiger partial charge in [0.1, 0.15) is 0 Å². The first-order valence-electron chi connectivity index (χ1n) is 9.25. The third-order valence-electron chi connectivity index (χ3n) is 4.69. The summed E-state index contributed by atoms with van der Waals surface area (Å²) < 4.78 is 0. The third kappa shape index (κ3) is 4.98. The zero-order chi connectivity index (χ0) is 21.1. The monoisotopic (exact) mass is 478 g/mol. The van der Waals surface area contributed by atoms with Crippen molar-refractivity contribution >= 4 is 57.8 Å². The van der Waals surface area contributed by atoms with Crippen molar-refractivity contribution in [1.82, 2.24) is 4.90 Å². The molecule has 1 aliphatic rings. The Morgan fingerprint density at radius 2 is 1.97 bits per heavy atom. The van der Waals surface area contributed by atoms with Crippen LogP contribution in [-0.2, 0) is 11.4 Å². The highest BCUT2D eigenvalue weighted by molar-refractivity contribution is 7.12. The number of halogens is 3. The van der Waals surface area contributed by atoms with E-state index in [1.54, 1.807) is 17.0 Å². The number of nitrogens with zero attached hydrogens (tertiary/aromatic N) is 2. The van der Waals surface area contributed by atoms with Crippen molar-refractivity contribution in [2.75, 3.05) is 6.54 Å². The van der Waals surface area contributed by atoms with Crippen LogP contribution in [0.25, 0.3) is 0 Å². The van der Waals surface area contributed by atoms with Gasteiger partial charge >= 0.3 is 0 Å². The fraction of sp³-hybridized carbons (Fsp3) is 0.182. The molecule has 0 fully saturated rings. The molecule has 0 bridgehead atoms. The van der Waals surface area contributed by atoms with Crippen molar-refractivity contribution < 1.29 is 9.63 Å². The van der Waals surface area contributed by atoms with Crippen molar-refractivity contribution in [2.24, 2.45) is 5.16 Å². The lowest BCUT2D eigenvalue weighted by atomic mass is 10.0. The summed E-state index contributed by atoms with van der Waals surface area (Å²) in [6.45, 7) is 0.830. The van der Waals surface area contributed by atoms with Crippen LogP contribution in [0.15, 0.2) is 65.1 Å². The Balaban J connectivity index is 1.49. The Labute approximate surface area is 193 Å². The van der Waals surface area contributed by atoms with E-state index < -0.39 is 0 Å². The highest BCUT2D eigenvalue weighted by Gasteiger charge is 2.28. The lowest BCUT2D eigenvalue weighted by Gasteiger charge is -2.24.